The predicted octanol–water partition coefficient (Wildman–Crippen LogP) is 3.32. The molecular weight excluding hydrogens is 252 g/mol. The number of ether oxygens (including phenoxy) is 2. The van der Waals surface area contributed by atoms with Gasteiger partial charge in [-0.3, -0.25) is 0 Å². The zero-order valence-corrected chi connectivity index (χ0v) is 11.2. The summed E-state index contributed by atoms with van der Waals surface area (Å²) in [5.41, 5.74) is 0.913. The Morgan fingerprint density at radius 2 is 1.89 bits per heavy atom. The number of carbonyl (C=O) groups is 1. The summed E-state index contributed by atoms with van der Waals surface area (Å²) in [6.45, 7) is 1.12. The Kier molecular flexibility index (Phi) is 7.14. The van der Waals surface area contributed by atoms with Gasteiger partial charge in [0.25, 0.3) is 0 Å². The average molecular weight is 269 g/mol. The van der Waals surface area contributed by atoms with E-state index in [4.69, 9.17) is 21.1 Å². The van der Waals surface area contributed by atoms with Crippen molar-refractivity contribution in [1.29, 1.82) is 0 Å². The molecule has 0 saturated carbocycles. The van der Waals surface area contributed by atoms with Crippen LogP contribution in [0.5, 0.6) is 0 Å². The van der Waals surface area contributed by atoms with Crippen molar-refractivity contribution in [3.63, 3.8) is 0 Å². The van der Waals surface area contributed by atoms with Gasteiger partial charge in [-0.25, -0.2) is 4.79 Å². The molecule has 4 heteroatoms. The first-order valence-electron chi connectivity index (χ1n) is 5.81. The Morgan fingerprint density at radius 1 is 1.22 bits per heavy atom. The number of rotatable bonds is 7. The van der Waals surface area contributed by atoms with Gasteiger partial charge in [0.05, 0.1) is 6.61 Å². The first-order chi connectivity index (χ1) is 8.72. The molecule has 3 nitrogen and oxygen atoms in total. The smallest absolute Gasteiger partial charge is 0.330 e. The minimum atomic E-state index is -0.331. The topological polar surface area (TPSA) is 35.5 Å². The van der Waals surface area contributed by atoms with E-state index in [1.165, 1.54) is 6.08 Å². The van der Waals surface area contributed by atoms with Crippen LogP contribution in [-0.4, -0.2) is 26.3 Å². The Morgan fingerprint density at radius 3 is 2.56 bits per heavy atom. The van der Waals surface area contributed by atoms with Gasteiger partial charge >= 0.3 is 5.97 Å². The van der Waals surface area contributed by atoms with Crippen molar-refractivity contribution in [1.82, 2.24) is 0 Å². The molecule has 1 aromatic carbocycles. The molecule has 0 aromatic heterocycles. The van der Waals surface area contributed by atoms with Crippen molar-refractivity contribution in [3.05, 3.63) is 40.9 Å². The highest BCUT2D eigenvalue weighted by molar-refractivity contribution is 6.30. The lowest BCUT2D eigenvalue weighted by Crippen LogP contribution is -2.03. The van der Waals surface area contributed by atoms with Crippen LogP contribution in [0.25, 0.3) is 6.08 Å². The number of hydrogen-bond donors (Lipinski definition) is 0. The van der Waals surface area contributed by atoms with E-state index < -0.39 is 0 Å². The Hall–Kier alpha value is -1.32. The van der Waals surface area contributed by atoms with E-state index in [2.05, 4.69) is 0 Å². The number of unbranched alkanes of at least 4 members (excludes halogenated alkanes) is 1. The number of esters is 1. The van der Waals surface area contributed by atoms with Gasteiger partial charge in [-0.05, 0) is 36.6 Å². The monoisotopic (exact) mass is 268 g/mol. The largest absolute Gasteiger partial charge is 0.463 e. The Labute approximate surface area is 112 Å². The second kappa shape index (κ2) is 8.72. The third kappa shape index (κ3) is 6.42. The Balaban J connectivity index is 2.25. The first kappa shape index (κ1) is 14.7. The number of carbonyl (C=O) groups excluding carboxylic acids is 1. The maximum absolute atomic E-state index is 11.3. The van der Waals surface area contributed by atoms with Gasteiger partial charge in [-0.1, -0.05) is 23.7 Å². The fourth-order valence-corrected chi connectivity index (χ4v) is 1.43. The third-order valence-corrected chi connectivity index (χ3v) is 2.52. The molecule has 18 heavy (non-hydrogen) atoms. The molecule has 1 aromatic rings. The van der Waals surface area contributed by atoms with Crippen molar-refractivity contribution in [2.75, 3.05) is 20.3 Å². The van der Waals surface area contributed by atoms with E-state index >= 15 is 0 Å². The normalized spacial score (nSPS) is 10.8. The average Bonchev–Trinajstić information content (AvgIpc) is 2.38. The molecule has 98 valence electrons. The fraction of sp³-hybridized carbons (Fsp3) is 0.357. The second-order valence-corrected chi connectivity index (χ2v) is 4.19. The summed E-state index contributed by atoms with van der Waals surface area (Å²) < 4.78 is 9.93. The van der Waals surface area contributed by atoms with Crippen LogP contribution in [0.1, 0.15) is 18.4 Å². The van der Waals surface area contributed by atoms with Crippen LogP contribution in [0.15, 0.2) is 30.3 Å². The lowest BCUT2D eigenvalue weighted by Gasteiger charge is -2.01. The highest BCUT2D eigenvalue weighted by Gasteiger charge is 1.97. The molecule has 0 amide bonds. The number of benzene rings is 1. The summed E-state index contributed by atoms with van der Waals surface area (Å²) in [5.74, 6) is -0.331. The van der Waals surface area contributed by atoms with Gasteiger partial charge < -0.3 is 9.47 Å². The molecule has 0 N–H and O–H groups in total. The van der Waals surface area contributed by atoms with Gasteiger partial charge in [0.15, 0.2) is 0 Å². The molecule has 0 aliphatic carbocycles. The van der Waals surface area contributed by atoms with E-state index in [0.29, 0.717) is 18.2 Å². The number of methoxy groups -OCH3 is 1. The van der Waals surface area contributed by atoms with Crippen LogP contribution in [0.2, 0.25) is 5.02 Å². The quantitative estimate of drug-likeness (QED) is 0.432. The molecule has 0 aliphatic heterocycles. The minimum Gasteiger partial charge on any atom is -0.463 e. The molecule has 0 bridgehead atoms. The van der Waals surface area contributed by atoms with Gasteiger partial charge in [-0.2, -0.15) is 0 Å². The zero-order chi connectivity index (χ0) is 13.2. The van der Waals surface area contributed by atoms with Gasteiger partial charge in [-0.15, -0.1) is 0 Å². The molecule has 0 unspecified atom stereocenters. The van der Waals surface area contributed by atoms with Crippen molar-refractivity contribution in [3.8, 4) is 0 Å². The summed E-state index contributed by atoms with van der Waals surface area (Å²) in [7, 11) is 1.65. The molecule has 0 radical (unpaired) electrons. The minimum absolute atomic E-state index is 0.331. The summed E-state index contributed by atoms with van der Waals surface area (Å²) in [6.07, 6.45) is 4.83. The standard InChI is InChI=1S/C14H17ClO3/c1-17-10-2-3-11-18-14(16)9-6-12-4-7-13(15)8-5-12/h4-9H,2-3,10-11H2,1H3/b9-6+. The lowest BCUT2D eigenvalue weighted by molar-refractivity contribution is -0.137. The van der Waals surface area contributed by atoms with Gasteiger partial charge in [0, 0.05) is 24.8 Å². The zero-order valence-electron chi connectivity index (χ0n) is 10.4. The van der Waals surface area contributed by atoms with E-state index in [0.717, 1.165) is 18.4 Å². The van der Waals surface area contributed by atoms with E-state index in [1.807, 2.05) is 12.1 Å². The van der Waals surface area contributed by atoms with Crippen molar-refractivity contribution in [2.24, 2.45) is 0 Å². The molecule has 0 fully saturated rings. The number of halogens is 1. The molecule has 0 heterocycles. The molecule has 0 saturated heterocycles. The molecule has 1 rings (SSSR count). The SMILES string of the molecule is COCCCCOC(=O)/C=C/c1ccc(Cl)cc1. The van der Waals surface area contributed by atoms with Crippen LogP contribution < -0.4 is 0 Å². The van der Waals surface area contributed by atoms with Crippen LogP contribution in [0, 0.1) is 0 Å². The fourth-order valence-electron chi connectivity index (χ4n) is 1.31. The van der Waals surface area contributed by atoms with E-state index in [1.54, 1.807) is 25.3 Å². The van der Waals surface area contributed by atoms with E-state index in [9.17, 15) is 4.79 Å². The predicted molar refractivity (Wildman–Crippen MR) is 72.6 cm³/mol. The van der Waals surface area contributed by atoms with Crippen LogP contribution in [0.3, 0.4) is 0 Å². The van der Waals surface area contributed by atoms with Crippen LogP contribution >= 0.6 is 11.6 Å². The molecule has 0 atom stereocenters. The molecule has 0 spiro atoms. The summed E-state index contributed by atoms with van der Waals surface area (Å²) in [6, 6.07) is 7.23. The maximum Gasteiger partial charge on any atom is 0.330 e. The van der Waals surface area contributed by atoms with Crippen molar-refractivity contribution in [2.45, 2.75) is 12.8 Å². The summed E-state index contributed by atoms with van der Waals surface area (Å²) in [4.78, 5) is 11.3. The van der Waals surface area contributed by atoms with Crippen LogP contribution in [0.4, 0.5) is 0 Å². The molecular formula is C14H17ClO3. The summed E-state index contributed by atoms with van der Waals surface area (Å²) in [5, 5.41) is 0.674. The van der Waals surface area contributed by atoms with Crippen molar-refractivity contribution < 1.29 is 14.3 Å². The van der Waals surface area contributed by atoms with Crippen LogP contribution in [-0.2, 0) is 14.3 Å². The Bertz CT molecular complexity index is 385. The third-order valence-electron chi connectivity index (χ3n) is 2.27. The van der Waals surface area contributed by atoms with Crippen molar-refractivity contribution >= 4 is 23.6 Å². The van der Waals surface area contributed by atoms with Gasteiger partial charge in [0.1, 0.15) is 0 Å². The van der Waals surface area contributed by atoms with Gasteiger partial charge in [0.2, 0.25) is 0 Å². The highest BCUT2D eigenvalue weighted by Crippen LogP contribution is 2.10. The highest BCUT2D eigenvalue weighted by atomic mass is 35.5. The number of hydrogen-bond acceptors (Lipinski definition) is 3. The first-order valence-corrected chi connectivity index (χ1v) is 6.19. The second-order valence-electron chi connectivity index (χ2n) is 3.75. The molecule has 0 aliphatic rings. The summed E-state index contributed by atoms with van der Waals surface area (Å²) >= 11 is 5.76. The van der Waals surface area contributed by atoms with E-state index in [-0.39, 0.29) is 5.97 Å². The lowest BCUT2D eigenvalue weighted by atomic mass is 10.2. The maximum atomic E-state index is 11.3.